The van der Waals surface area contributed by atoms with Crippen LogP contribution in [0.25, 0.3) is 16.7 Å². The monoisotopic (exact) mass is 455 g/mol. The minimum absolute atomic E-state index is 0.141. The van der Waals surface area contributed by atoms with Crippen LogP contribution in [0.4, 0.5) is 5.82 Å². The number of nitrogens with one attached hydrogen (secondary N) is 1. The number of fused-ring (bicyclic) bond motifs is 1. The molecule has 1 atom stereocenters. The van der Waals surface area contributed by atoms with E-state index in [4.69, 9.17) is 4.98 Å². The molecule has 0 saturated heterocycles. The summed E-state index contributed by atoms with van der Waals surface area (Å²) in [4.78, 5) is 18.5. The van der Waals surface area contributed by atoms with Crippen LogP contribution in [-0.4, -0.2) is 30.5 Å². The standard InChI is InChI=1S/C27H33N7/c1-17-10-12-20(13-11-17)16-34-24-25(30-19(3)21-7-6-8-21)31-23(15-28)32-26(24)33-27(34)18(2)22-9-4-5-14-29-22/h4-5,9,14,17,19-21H,2,6-8,10-13,16H2,1,3H3,(H,30,31,32)/t17?,19-,20?/m1/s1. The number of aromatic nitrogens is 5. The lowest BCUT2D eigenvalue weighted by Gasteiger charge is -2.32. The summed E-state index contributed by atoms with van der Waals surface area (Å²) in [6.45, 7) is 9.75. The normalized spacial score (nSPS) is 21.6. The number of nitriles is 1. The first kappa shape index (κ1) is 22.5. The Hall–Kier alpha value is -3.27. The molecule has 0 aliphatic heterocycles. The van der Waals surface area contributed by atoms with Gasteiger partial charge in [0, 0.05) is 24.4 Å². The van der Waals surface area contributed by atoms with Crippen LogP contribution in [0.3, 0.4) is 0 Å². The van der Waals surface area contributed by atoms with Crippen molar-refractivity contribution in [3.63, 3.8) is 0 Å². The molecule has 2 fully saturated rings. The zero-order valence-electron chi connectivity index (χ0n) is 20.2. The molecule has 2 saturated carbocycles. The summed E-state index contributed by atoms with van der Waals surface area (Å²) in [6, 6.07) is 8.22. The zero-order valence-corrected chi connectivity index (χ0v) is 20.2. The first-order valence-corrected chi connectivity index (χ1v) is 12.6. The van der Waals surface area contributed by atoms with Gasteiger partial charge in [0.1, 0.15) is 17.4 Å². The summed E-state index contributed by atoms with van der Waals surface area (Å²) in [7, 11) is 0. The Balaban J connectivity index is 1.61. The van der Waals surface area contributed by atoms with E-state index in [9.17, 15) is 5.26 Å². The predicted octanol–water partition coefficient (Wildman–Crippen LogP) is 5.58. The lowest BCUT2D eigenvalue weighted by molar-refractivity contribution is 0.266. The lowest BCUT2D eigenvalue weighted by Crippen LogP contribution is -2.31. The highest BCUT2D eigenvalue weighted by atomic mass is 15.2. The van der Waals surface area contributed by atoms with Crippen LogP contribution in [0.15, 0.2) is 31.0 Å². The van der Waals surface area contributed by atoms with Gasteiger partial charge in [0.15, 0.2) is 11.5 Å². The molecular weight excluding hydrogens is 422 g/mol. The Bertz CT molecular complexity index is 1210. The van der Waals surface area contributed by atoms with Gasteiger partial charge in [0.05, 0.1) is 5.69 Å². The second-order valence-electron chi connectivity index (χ2n) is 10.2. The molecule has 0 unspecified atom stereocenters. The lowest BCUT2D eigenvalue weighted by atomic mass is 9.80. The molecule has 5 rings (SSSR count). The molecule has 0 bridgehead atoms. The third-order valence-electron chi connectivity index (χ3n) is 7.74. The number of anilines is 1. The average Bonchev–Trinajstić information content (AvgIpc) is 3.17. The summed E-state index contributed by atoms with van der Waals surface area (Å²) in [6.07, 6.45) is 10.4. The molecule has 7 heteroatoms. The molecule has 0 aromatic carbocycles. The van der Waals surface area contributed by atoms with Crippen LogP contribution in [0.5, 0.6) is 0 Å². The Kier molecular flexibility index (Phi) is 6.32. The fraction of sp³-hybridized carbons (Fsp3) is 0.519. The number of imidazole rings is 1. The maximum absolute atomic E-state index is 9.61. The van der Waals surface area contributed by atoms with Gasteiger partial charge in [-0.3, -0.25) is 4.98 Å². The molecule has 7 nitrogen and oxygen atoms in total. The van der Waals surface area contributed by atoms with Crippen LogP contribution < -0.4 is 5.32 Å². The molecule has 176 valence electrons. The van der Waals surface area contributed by atoms with Crippen molar-refractivity contribution in [2.45, 2.75) is 71.4 Å². The molecule has 0 amide bonds. The first-order valence-electron chi connectivity index (χ1n) is 12.6. The van der Waals surface area contributed by atoms with E-state index in [2.05, 4.69) is 51.3 Å². The highest BCUT2D eigenvalue weighted by Gasteiger charge is 2.28. The van der Waals surface area contributed by atoms with Crippen LogP contribution in [0.2, 0.25) is 0 Å². The van der Waals surface area contributed by atoms with Gasteiger partial charge in [-0.25, -0.2) is 4.98 Å². The highest BCUT2D eigenvalue weighted by Crippen LogP contribution is 2.35. The molecule has 3 aromatic heterocycles. The van der Waals surface area contributed by atoms with Crippen LogP contribution in [0, 0.1) is 29.1 Å². The van der Waals surface area contributed by atoms with E-state index in [1.165, 1.54) is 44.9 Å². The average molecular weight is 456 g/mol. The van der Waals surface area contributed by atoms with Gasteiger partial charge in [0.25, 0.3) is 0 Å². The molecule has 0 radical (unpaired) electrons. The smallest absolute Gasteiger partial charge is 0.236 e. The largest absolute Gasteiger partial charge is 0.365 e. The van der Waals surface area contributed by atoms with Gasteiger partial charge < -0.3 is 9.88 Å². The van der Waals surface area contributed by atoms with E-state index in [-0.39, 0.29) is 11.9 Å². The van der Waals surface area contributed by atoms with Crippen molar-refractivity contribution in [2.24, 2.45) is 17.8 Å². The second-order valence-corrected chi connectivity index (χ2v) is 10.2. The summed E-state index contributed by atoms with van der Waals surface area (Å²) in [5.74, 6) is 3.60. The van der Waals surface area contributed by atoms with Crippen molar-refractivity contribution in [3.05, 3.63) is 48.3 Å². The van der Waals surface area contributed by atoms with Gasteiger partial charge in [-0.15, -0.1) is 0 Å². The van der Waals surface area contributed by atoms with E-state index < -0.39 is 0 Å². The molecule has 2 aliphatic rings. The van der Waals surface area contributed by atoms with E-state index in [1.54, 1.807) is 6.20 Å². The topological polar surface area (TPSA) is 92.3 Å². The van der Waals surface area contributed by atoms with Gasteiger partial charge in [-0.1, -0.05) is 38.8 Å². The second kappa shape index (κ2) is 9.54. The number of pyridine rings is 1. The molecule has 34 heavy (non-hydrogen) atoms. The number of nitrogens with zero attached hydrogens (tertiary/aromatic N) is 6. The Morgan fingerprint density at radius 1 is 1.18 bits per heavy atom. The Morgan fingerprint density at radius 2 is 1.97 bits per heavy atom. The quantitative estimate of drug-likeness (QED) is 0.500. The first-order chi connectivity index (χ1) is 16.5. The minimum Gasteiger partial charge on any atom is -0.365 e. The van der Waals surface area contributed by atoms with Gasteiger partial charge in [-0.2, -0.15) is 15.2 Å². The van der Waals surface area contributed by atoms with Gasteiger partial charge in [-0.05, 0) is 62.5 Å². The highest BCUT2D eigenvalue weighted by molar-refractivity contribution is 5.88. The fourth-order valence-corrected chi connectivity index (χ4v) is 5.29. The van der Waals surface area contributed by atoms with Crippen molar-refractivity contribution in [1.82, 2.24) is 24.5 Å². The Labute approximate surface area is 201 Å². The number of hydrogen-bond acceptors (Lipinski definition) is 6. The minimum atomic E-state index is 0.141. The number of hydrogen-bond donors (Lipinski definition) is 1. The van der Waals surface area contributed by atoms with Crippen molar-refractivity contribution in [3.8, 4) is 6.07 Å². The van der Waals surface area contributed by atoms with Crippen molar-refractivity contribution in [1.29, 1.82) is 5.26 Å². The summed E-state index contributed by atoms with van der Waals surface area (Å²) >= 11 is 0. The predicted molar refractivity (Wildman–Crippen MR) is 134 cm³/mol. The van der Waals surface area contributed by atoms with E-state index in [1.807, 2.05) is 18.2 Å². The van der Waals surface area contributed by atoms with Crippen molar-refractivity contribution < 1.29 is 0 Å². The fourth-order valence-electron chi connectivity index (χ4n) is 5.29. The maximum atomic E-state index is 9.61. The van der Waals surface area contributed by atoms with Crippen molar-refractivity contribution in [2.75, 3.05) is 5.32 Å². The zero-order chi connectivity index (χ0) is 23.7. The van der Waals surface area contributed by atoms with E-state index in [0.29, 0.717) is 23.3 Å². The maximum Gasteiger partial charge on any atom is 0.236 e. The molecule has 1 N–H and O–H groups in total. The number of rotatable bonds is 7. The molecule has 0 spiro atoms. The molecule has 2 aliphatic carbocycles. The summed E-state index contributed by atoms with van der Waals surface area (Å²) in [5.41, 5.74) is 2.98. The molecule has 3 heterocycles. The van der Waals surface area contributed by atoms with Gasteiger partial charge in [0.2, 0.25) is 5.82 Å². The van der Waals surface area contributed by atoms with Crippen LogP contribution in [-0.2, 0) is 6.54 Å². The third-order valence-corrected chi connectivity index (χ3v) is 7.74. The molecular formula is C27H33N7. The van der Waals surface area contributed by atoms with E-state index >= 15 is 0 Å². The van der Waals surface area contributed by atoms with E-state index in [0.717, 1.165) is 35.1 Å². The van der Waals surface area contributed by atoms with Crippen LogP contribution in [0.1, 0.15) is 76.1 Å². The third kappa shape index (κ3) is 4.42. The van der Waals surface area contributed by atoms with Crippen LogP contribution >= 0.6 is 0 Å². The van der Waals surface area contributed by atoms with Crippen molar-refractivity contribution >= 4 is 22.6 Å². The summed E-state index contributed by atoms with van der Waals surface area (Å²) in [5, 5.41) is 13.2. The SMILES string of the molecule is C=C(c1ccccn1)c1nc2nc(C#N)nc(N[C@H](C)C3CCC3)c2n1CC1CCC(C)CC1. The summed E-state index contributed by atoms with van der Waals surface area (Å²) < 4.78 is 2.24. The molecule has 3 aromatic rings. The Morgan fingerprint density at radius 3 is 2.62 bits per heavy atom. The van der Waals surface area contributed by atoms with Gasteiger partial charge >= 0.3 is 0 Å².